The maximum atomic E-state index is 14.0. The van der Waals surface area contributed by atoms with Crippen LogP contribution in [-0.4, -0.2) is 116 Å². The number of hydrogen-bond acceptors (Lipinski definition) is 10. The van der Waals surface area contributed by atoms with Crippen molar-refractivity contribution in [2.24, 2.45) is 0 Å². The Hall–Kier alpha value is -5.05. The molecule has 0 aromatic heterocycles. The number of halogens is 2. The summed E-state index contributed by atoms with van der Waals surface area (Å²) in [5.74, 6) is -1.47. The van der Waals surface area contributed by atoms with Crippen LogP contribution in [0.1, 0.15) is 40.5 Å². The minimum Gasteiger partial charge on any atom is -0.491 e. The number of benzene rings is 5. The van der Waals surface area contributed by atoms with Crippen molar-refractivity contribution in [3.63, 3.8) is 0 Å². The first-order valence-electron chi connectivity index (χ1n) is 21.4. The molecule has 1 saturated heterocycles. The van der Waals surface area contributed by atoms with E-state index in [1.165, 1.54) is 39.0 Å². The van der Waals surface area contributed by atoms with E-state index < -0.39 is 27.5 Å². The van der Waals surface area contributed by atoms with Gasteiger partial charge in [0.1, 0.15) is 23.9 Å². The van der Waals surface area contributed by atoms with Gasteiger partial charge in [-0.3, -0.25) is 43.7 Å². The van der Waals surface area contributed by atoms with Gasteiger partial charge in [-0.2, -0.15) is 0 Å². The number of amides is 4. The first-order chi connectivity index (χ1) is 32.4. The number of imide groups is 1. The minimum absolute atomic E-state index is 0.0236. The van der Waals surface area contributed by atoms with E-state index in [9.17, 15) is 47.9 Å². The Morgan fingerprint density at radius 2 is 1.21 bits per heavy atom. The maximum absolute atomic E-state index is 14.0. The Bertz CT molecular complexity index is 3000. The standard InChI is InChI=1S/C46H42Cl2N3O14P2.Al.2H/c47-24-30-26-50(36-22-39(64-66(56,57)58)32-5-1-3-7-34(32)45(30)36)43(54)13-10-28-9-11-29(38(21-28)63-20-19-62-18-17-49-41(52)15-16-42(49)53)12-14-44(55)51-27-31(25-48)46-35-8-4-2-6-33(35)40(23-37(46)51)65-67(59,60)61;;;/h1-15,21-23,30-31H,16-20,24-27H2,(H2,56,57,58)(H2,59,60,61);;;/b13-10+,14-12+;;;/t30-,31-;;;/m1.../s1. The lowest BCUT2D eigenvalue weighted by molar-refractivity contribution is -0.139. The summed E-state index contributed by atoms with van der Waals surface area (Å²) in [6, 6.07) is 21.8. The number of ether oxygens (including phenoxy) is 2. The summed E-state index contributed by atoms with van der Waals surface area (Å²) in [5.41, 5.74) is 3.26. The topological polar surface area (TPSA) is 230 Å². The zero-order valence-corrected chi connectivity index (χ0v) is 41.6. The fourth-order valence-corrected chi connectivity index (χ4v) is 10.9. The van der Waals surface area contributed by atoms with Crippen LogP contribution >= 0.6 is 38.8 Å². The highest BCUT2D eigenvalue weighted by atomic mass is 35.5. The average molecular weight is 1020 g/mol. The quantitative estimate of drug-likeness (QED) is 0.0201. The van der Waals surface area contributed by atoms with Gasteiger partial charge in [0.15, 0.2) is 0 Å². The smallest absolute Gasteiger partial charge is 0.491 e. The highest BCUT2D eigenvalue weighted by molar-refractivity contribution is 7.47. The molecule has 17 nitrogen and oxygen atoms in total. The van der Waals surface area contributed by atoms with Gasteiger partial charge in [-0.25, -0.2) is 9.13 Å². The fourth-order valence-electron chi connectivity index (χ4n) is 8.88. The molecular formula is C46H44AlCl2N3O14P2. The summed E-state index contributed by atoms with van der Waals surface area (Å²) in [7, 11) is -9.94. The van der Waals surface area contributed by atoms with Gasteiger partial charge in [-0.05, 0) is 50.5 Å². The van der Waals surface area contributed by atoms with Gasteiger partial charge in [0.2, 0.25) is 28.1 Å². The third-order valence-electron chi connectivity index (χ3n) is 11.9. The highest BCUT2D eigenvalue weighted by Crippen LogP contribution is 2.51. The summed E-state index contributed by atoms with van der Waals surface area (Å²) in [5, 5.41) is 2.18. The molecule has 0 radical (unpaired) electrons. The van der Waals surface area contributed by atoms with Crippen LogP contribution in [0.5, 0.6) is 17.2 Å². The van der Waals surface area contributed by atoms with Gasteiger partial charge < -0.3 is 28.3 Å². The maximum Gasteiger partial charge on any atom is 0.524 e. The van der Waals surface area contributed by atoms with E-state index in [1.54, 1.807) is 78.9 Å². The van der Waals surface area contributed by atoms with E-state index in [0.717, 1.165) is 11.1 Å². The number of carbonyl (C=O) groups excluding carboxylic acids is 4. The number of nitrogens with zero attached hydrogens (tertiary/aromatic N) is 3. The van der Waals surface area contributed by atoms with E-state index in [2.05, 4.69) is 0 Å². The molecule has 5 aromatic rings. The lowest BCUT2D eigenvalue weighted by Crippen LogP contribution is -2.33. The molecule has 8 rings (SSSR count). The van der Waals surface area contributed by atoms with Crippen LogP contribution in [0.3, 0.4) is 0 Å². The first kappa shape index (κ1) is 49.4. The lowest BCUT2D eigenvalue weighted by Gasteiger charge is -2.18. The van der Waals surface area contributed by atoms with Gasteiger partial charge in [0.05, 0.1) is 31.1 Å². The number of phosphoric ester groups is 2. The van der Waals surface area contributed by atoms with Crippen molar-refractivity contribution in [2.45, 2.75) is 23.0 Å². The van der Waals surface area contributed by atoms with Crippen LogP contribution in [0.15, 0.2) is 91.0 Å². The summed E-state index contributed by atoms with van der Waals surface area (Å²) >= 11 is 13.4. The zero-order valence-electron chi connectivity index (χ0n) is 36.3. The lowest BCUT2D eigenvalue weighted by atomic mass is 9.95. The van der Waals surface area contributed by atoms with Gasteiger partial charge in [0, 0.05) is 83.7 Å². The summed E-state index contributed by atoms with van der Waals surface area (Å²) in [6.45, 7) is 0.702. The molecule has 3 aliphatic heterocycles. The Morgan fingerprint density at radius 3 is 1.69 bits per heavy atom. The van der Waals surface area contributed by atoms with E-state index in [0.29, 0.717) is 66.1 Å². The number of phosphoric acid groups is 2. The molecule has 4 amide bonds. The normalized spacial score (nSPS) is 18.4. The highest BCUT2D eigenvalue weighted by Gasteiger charge is 2.37. The van der Waals surface area contributed by atoms with Gasteiger partial charge in [0.25, 0.3) is 11.8 Å². The van der Waals surface area contributed by atoms with Crippen LogP contribution in [0.25, 0.3) is 33.7 Å². The average Bonchev–Trinajstić information content (AvgIpc) is 3.95. The van der Waals surface area contributed by atoms with E-state index in [4.69, 9.17) is 41.7 Å². The molecule has 3 heterocycles. The van der Waals surface area contributed by atoms with Crippen molar-refractivity contribution in [3.8, 4) is 17.2 Å². The van der Waals surface area contributed by atoms with Crippen molar-refractivity contribution < 1.29 is 66.4 Å². The third-order valence-corrected chi connectivity index (χ3v) is 14.4. The summed E-state index contributed by atoms with van der Waals surface area (Å²) in [6.07, 6.45) is 6.00. The number of fused-ring (bicyclic) bond motifs is 6. The van der Waals surface area contributed by atoms with Crippen molar-refractivity contribution in [2.75, 3.05) is 61.0 Å². The van der Waals surface area contributed by atoms with Crippen LogP contribution in [-0.2, 0) is 33.0 Å². The summed E-state index contributed by atoms with van der Waals surface area (Å²) < 4.78 is 45.7. The molecule has 68 heavy (non-hydrogen) atoms. The second-order valence-corrected chi connectivity index (χ2v) is 20.7. The van der Waals surface area contributed by atoms with E-state index in [1.807, 2.05) is 0 Å². The Balaban J connectivity index is 1.05. The van der Waals surface area contributed by atoms with Crippen LogP contribution in [0, 0.1) is 0 Å². The second kappa shape index (κ2) is 20.5. The van der Waals surface area contributed by atoms with Crippen molar-refractivity contribution in [3.05, 3.63) is 113 Å². The van der Waals surface area contributed by atoms with Crippen molar-refractivity contribution in [1.82, 2.24) is 4.90 Å². The van der Waals surface area contributed by atoms with Gasteiger partial charge >= 0.3 is 15.6 Å². The van der Waals surface area contributed by atoms with Gasteiger partial charge in [-0.15, -0.1) is 23.2 Å². The van der Waals surface area contributed by atoms with Crippen molar-refractivity contribution >= 4 is 124 Å². The molecule has 5 aromatic carbocycles. The molecule has 0 saturated carbocycles. The molecule has 0 spiro atoms. The third kappa shape index (κ3) is 10.7. The largest absolute Gasteiger partial charge is 0.524 e. The predicted octanol–water partition coefficient (Wildman–Crippen LogP) is 6.28. The number of likely N-dealkylation sites (tertiary alicyclic amines) is 1. The molecule has 3 aliphatic rings. The molecule has 1 fully saturated rings. The number of carbonyl (C=O) groups is 4. The minimum atomic E-state index is -4.98. The molecule has 1 unspecified atom stereocenters. The molecule has 0 bridgehead atoms. The van der Waals surface area contributed by atoms with Crippen LogP contribution < -0.4 is 23.6 Å². The monoisotopic (exact) mass is 1020 g/mol. The second-order valence-electron chi connectivity index (χ2n) is 16.4. The first-order valence-corrected chi connectivity index (χ1v) is 26.6. The predicted molar refractivity (Wildman–Crippen MR) is 259 cm³/mol. The molecule has 4 N–H and O–H groups in total. The van der Waals surface area contributed by atoms with Crippen LogP contribution in [0.2, 0.25) is 4.78 Å². The molecule has 0 aliphatic carbocycles. The number of rotatable bonds is 17. The van der Waals surface area contributed by atoms with Crippen LogP contribution in [0.4, 0.5) is 11.4 Å². The van der Waals surface area contributed by atoms with Crippen molar-refractivity contribution in [1.29, 1.82) is 0 Å². The fraction of sp³-hybridized carbons (Fsp3) is 0.261. The molecular weight excluding hydrogens is 978 g/mol. The number of hydrogen-bond donors (Lipinski definition) is 4. The Morgan fingerprint density at radius 1 is 0.691 bits per heavy atom. The van der Waals surface area contributed by atoms with Gasteiger partial charge in [-0.1, -0.05) is 60.7 Å². The SMILES string of the molecule is O=C1C[CH]([AlH2])C(=O)N1CCOCCOc1cc(/C=C/C(=O)N2C[C@@H](CCl)c3c2cc(OP(=O)(O)O)c2ccccc32)ccc1/C=C/C(=O)N1C[C@@H](CCl)c2c1cc(OP(=O)(O)O)c1ccccc21. The molecule has 3 atom stereocenters. The number of anilines is 2. The number of alkyl halides is 2. The Labute approximate surface area is 407 Å². The summed E-state index contributed by atoms with van der Waals surface area (Å²) in [4.78, 5) is 95.5. The Kier molecular flexibility index (Phi) is 14.9. The van der Waals surface area contributed by atoms with E-state index >= 15 is 0 Å². The zero-order chi connectivity index (χ0) is 48.5. The van der Waals surface area contributed by atoms with E-state index in [-0.39, 0.29) is 97.6 Å². The molecule has 354 valence electrons. The molecule has 22 heteroatoms.